The van der Waals surface area contributed by atoms with E-state index in [2.05, 4.69) is 5.32 Å². The zero-order valence-corrected chi connectivity index (χ0v) is 12.3. The van der Waals surface area contributed by atoms with Gasteiger partial charge in [0.2, 0.25) is 11.8 Å². The number of amides is 2. The second kappa shape index (κ2) is 7.48. The second-order valence-corrected chi connectivity index (χ2v) is 5.41. The summed E-state index contributed by atoms with van der Waals surface area (Å²) in [6.45, 7) is 7.91. The molecule has 1 aliphatic rings. The van der Waals surface area contributed by atoms with E-state index in [9.17, 15) is 9.59 Å². The molecule has 19 heavy (non-hydrogen) atoms. The lowest BCUT2D eigenvalue weighted by Crippen LogP contribution is -2.50. The highest BCUT2D eigenvalue weighted by molar-refractivity contribution is 5.83. The van der Waals surface area contributed by atoms with E-state index in [-0.39, 0.29) is 23.7 Å². The van der Waals surface area contributed by atoms with E-state index >= 15 is 0 Å². The van der Waals surface area contributed by atoms with Crippen LogP contribution in [0.1, 0.15) is 40.0 Å². The van der Waals surface area contributed by atoms with Gasteiger partial charge in [-0.05, 0) is 25.7 Å². The Hall–Kier alpha value is -1.10. The van der Waals surface area contributed by atoms with Crippen LogP contribution in [0.25, 0.3) is 0 Å². The Morgan fingerprint density at radius 2 is 1.89 bits per heavy atom. The van der Waals surface area contributed by atoms with Crippen molar-refractivity contribution < 1.29 is 9.59 Å². The summed E-state index contributed by atoms with van der Waals surface area (Å²) in [6, 6.07) is -0.411. The number of rotatable bonds is 5. The van der Waals surface area contributed by atoms with E-state index in [1.165, 1.54) is 0 Å². The maximum Gasteiger partial charge on any atom is 0.239 e. The summed E-state index contributed by atoms with van der Waals surface area (Å²) in [6.07, 6.45) is 2.39. The van der Waals surface area contributed by atoms with Crippen molar-refractivity contribution in [2.24, 2.45) is 17.6 Å². The van der Waals surface area contributed by atoms with Gasteiger partial charge in [-0.1, -0.05) is 20.3 Å². The number of piperidine rings is 1. The number of hydrogen-bond acceptors (Lipinski definition) is 3. The first-order valence-electron chi connectivity index (χ1n) is 7.33. The van der Waals surface area contributed by atoms with Crippen molar-refractivity contribution in [2.75, 3.05) is 19.6 Å². The number of likely N-dealkylation sites (tertiary alicyclic amines) is 1. The third-order valence-electron chi connectivity index (χ3n) is 4.07. The molecule has 1 saturated heterocycles. The third kappa shape index (κ3) is 4.20. The first kappa shape index (κ1) is 16.0. The summed E-state index contributed by atoms with van der Waals surface area (Å²) in [5.74, 6) is 0.391. The van der Waals surface area contributed by atoms with Crippen LogP contribution in [0, 0.1) is 11.8 Å². The number of carbonyl (C=O) groups excluding carboxylic acids is 2. The molecule has 3 N–H and O–H groups in total. The molecular formula is C14H27N3O2. The Morgan fingerprint density at radius 1 is 1.32 bits per heavy atom. The highest BCUT2D eigenvalue weighted by atomic mass is 16.2. The van der Waals surface area contributed by atoms with Gasteiger partial charge in [0.15, 0.2) is 0 Å². The maximum atomic E-state index is 12.2. The molecule has 1 fully saturated rings. The molecule has 0 spiro atoms. The number of hydrogen-bond donors (Lipinski definition) is 2. The number of nitrogens with zero attached hydrogens (tertiary/aromatic N) is 1. The molecule has 0 unspecified atom stereocenters. The molecule has 2 amide bonds. The SMILES string of the molecule is CCNC(=O)C1CCN(C(=O)[C@@H](N)[C@@H](C)CC)CC1. The minimum atomic E-state index is -0.411. The van der Waals surface area contributed by atoms with Crippen molar-refractivity contribution in [1.29, 1.82) is 0 Å². The van der Waals surface area contributed by atoms with Crippen molar-refractivity contribution in [2.45, 2.75) is 46.1 Å². The van der Waals surface area contributed by atoms with Gasteiger partial charge < -0.3 is 16.0 Å². The second-order valence-electron chi connectivity index (χ2n) is 5.41. The van der Waals surface area contributed by atoms with Gasteiger partial charge in [-0.2, -0.15) is 0 Å². The lowest BCUT2D eigenvalue weighted by atomic mass is 9.93. The van der Waals surface area contributed by atoms with Crippen LogP contribution in [0.2, 0.25) is 0 Å². The molecule has 0 aromatic rings. The fourth-order valence-electron chi connectivity index (χ4n) is 2.39. The number of nitrogens with two attached hydrogens (primary N) is 1. The van der Waals surface area contributed by atoms with Crippen LogP contribution in [0.4, 0.5) is 0 Å². The van der Waals surface area contributed by atoms with Crippen molar-refractivity contribution >= 4 is 11.8 Å². The van der Waals surface area contributed by atoms with Gasteiger partial charge in [0.1, 0.15) is 0 Å². The summed E-state index contributed by atoms with van der Waals surface area (Å²) in [5.41, 5.74) is 5.97. The van der Waals surface area contributed by atoms with Crippen LogP contribution in [-0.4, -0.2) is 42.4 Å². The molecule has 0 bridgehead atoms. The molecular weight excluding hydrogens is 242 g/mol. The predicted octanol–water partition coefficient (Wildman–Crippen LogP) is 0.735. The average molecular weight is 269 g/mol. The van der Waals surface area contributed by atoms with Crippen molar-refractivity contribution in [1.82, 2.24) is 10.2 Å². The molecule has 0 aromatic carbocycles. The molecule has 0 aromatic heterocycles. The molecule has 2 atom stereocenters. The topological polar surface area (TPSA) is 75.4 Å². The zero-order chi connectivity index (χ0) is 14.4. The lowest BCUT2D eigenvalue weighted by Gasteiger charge is -2.34. The summed E-state index contributed by atoms with van der Waals surface area (Å²) in [5, 5.41) is 2.84. The maximum absolute atomic E-state index is 12.2. The largest absolute Gasteiger partial charge is 0.356 e. The molecule has 110 valence electrons. The Balaban J connectivity index is 2.45. The molecule has 5 nitrogen and oxygen atoms in total. The molecule has 0 radical (unpaired) electrons. The van der Waals surface area contributed by atoms with Crippen molar-refractivity contribution in [3.8, 4) is 0 Å². The van der Waals surface area contributed by atoms with E-state index < -0.39 is 6.04 Å². The van der Waals surface area contributed by atoms with Gasteiger partial charge in [0.25, 0.3) is 0 Å². The van der Waals surface area contributed by atoms with Gasteiger partial charge in [-0.25, -0.2) is 0 Å². The van der Waals surface area contributed by atoms with Crippen molar-refractivity contribution in [3.63, 3.8) is 0 Å². The molecule has 1 heterocycles. The monoisotopic (exact) mass is 269 g/mol. The number of carbonyl (C=O) groups is 2. The van der Waals surface area contributed by atoms with Crippen LogP contribution >= 0.6 is 0 Å². The predicted molar refractivity (Wildman–Crippen MR) is 75.4 cm³/mol. The molecule has 1 rings (SSSR count). The van der Waals surface area contributed by atoms with Crippen molar-refractivity contribution in [3.05, 3.63) is 0 Å². The Morgan fingerprint density at radius 3 is 2.37 bits per heavy atom. The molecule has 5 heteroatoms. The molecule has 0 saturated carbocycles. The third-order valence-corrected chi connectivity index (χ3v) is 4.07. The highest BCUT2D eigenvalue weighted by Crippen LogP contribution is 2.19. The van der Waals surface area contributed by atoms with E-state index in [1.807, 2.05) is 25.7 Å². The van der Waals surface area contributed by atoms with Gasteiger partial charge >= 0.3 is 0 Å². The Bertz CT molecular complexity index is 312. The Kier molecular flexibility index (Phi) is 6.28. The Labute approximate surface area is 115 Å². The fourth-order valence-corrected chi connectivity index (χ4v) is 2.39. The van der Waals surface area contributed by atoms with E-state index in [0.717, 1.165) is 19.3 Å². The highest BCUT2D eigenvalue weighted by Gasteiger charge is 2.30. The van der Waals surface area contributed by atoms with Gasteiger partial charge in [0.05, 0.1) is 6.04 Å². The summed E-state index contributed by atoms with van der Waals surface area (Å²) < 4.78 is 0. The van der Waals surface area contributed by atoms with E-state index in [1.54, 1.807) is 0 Å². The first-order valence-corrected chi connectivity index (χ1v) is 7.33. The van der Waals surface area contributed by atoms with E-state index in [4.69, 9.17) is 5.73 Å². The number of nitrogens with one attached hydrogen (secondary N) is 1. The summed E-state index contributed by atoms with van der Waals surface area (Å²) in [4.78, 5) is 25.7. The quantitative estimate of drug-likeness (QED) is 0.773. The lowest BCUT2D eigenvalue weighted by molar-refractivity contribution is -0.137. The summed E-state index contributed by atoms with van der Waals surface area (Å²) >= 11 is 0. The summed E-state index contributed by atoms with van der Waals surface area (Å²) in [7, 11) is 0. The first-order chi connectivity index (χ1) is 9.01. The average Bonchev–Trinajstić information content (AvgIpc) is 2.45. The van der Waals surface area contributed by atoms with Gasteiger partial charge in [0, 0.05) is 25.6 Å². The molecule has 1 aliphatic heterocycles. The van der Waals surface area contributed by atoms with Gasteiger partial charge in [-0.15, -0.1) is 0 Å². The zero-order valence-electron chi connectivity index (χ0n) is 12.3. The van der Waals surface area contributed by atoms with Crippen LogP contribution in [0.5, 0.6) is 0 Å². The smallest absolute Gasteiger partial charge is 0.239 e. The van der Waals surface area contributed by atoms with Crippen LogP contribution < -0.4 is 11.1 Å². The van der Waals surface area contributed by atoms with Crippen LogP contribution in [-0.2, 0) is 9.59 Å². The minimum Gasteiger partial charge on any atom is -0.356 e. The standard InChI is InChI=1S/C14H27N3O2/c1-4-10(3)12(15)14(19)17-8-6-11(7-9-17)13(18)16-5-2/h10-12H,4-9,15H2,1-3H3,(H,16,18)/t10-,12-/m0/s1. The van der Waals surface area contributed by atoms with E-state index in [0.29, 0.717) is 19.6 Å². The molecule has 0 aliphatic carbocycles. The fraction of sp³-hybridized carbons (Fsp3) is 0.857. The normalized spacial score (nSPS) is 19.9. The van der Waals surface area contributed by atoms with Gasteiger partial charge in [-0.3, -0.25) is 9.59 Å². The van der Waals surface area contributed by atoms with Crippen LogP contribution in [0.3, 0.4) is 0 Å². The minimum absolute atomic E-state index is 0.0312. The van der Waals surface area contributed by atoms with Crippen LogP contribution in [0.15, 0.2) is 0 Å².